The van der Waals surface area contributed by atoms with E-state index in [0.29, 0.717) is 13.0 Å². The molecule has 0 radical (unpaired) electrons. The van der Waals surface area contributed by atoms with Gasteiger partial charge in [0.1, 0.15) is 6.10 Å². The standard InChI is InChI=1S/C29H43IO6/c1-6-10-24(31)16-18-34-25(15-17-30)20(2)28(35-19-23-11-8-7-9-12-23)21(3)26-13-14-27(36-26)22(4)29(32)33-5/h7-9,11-12,16,18,20-22,25-28H,6,10,13-15,17,19H2,1-5H3/b18-16+/t20-,21-,22-,25-,26+,27-,28+/m1/s1. The molecule has 0 spiro atoms. The Morgan fingerprint density at radius 2 is 1.83 bits per heavy atom. The van der Waals surface area contributed by atoms with Crippen molar-refractivity contribution in [1.82, 2.24) is 0 Å². The van der Waals surface area contributed by atoms with Gasteiger partial charge in [-0.1, -0.05) is 73.7 Å². The second kappa shape index (κ2) is 16.4. The summed E-state index contributed by atoms with van der Waals surface area (Å²) in [6, 6.07) is 10.2. The summed E-state index contributed by atoms with van der Waals surface area (Å²) < 4.78 is 25.0. The number of carbonyl (C=O) groups is 2. The highest BCUT2D eigenvalue weighted by Gasteiger charge is 2.41. The first kappa shape index (κ1) is 30.8. The SMILES string of the molecule is CCCC(=O)/C=C/O[C@H](CCI)[C@@H](C)[C@H](OCc1ccccc1)[C@H](C)[C@@H]1CC[C@H]([C@@H](C)C(=O)OC)O1. The molecule has 0 aromatic heterocycles. The second-order valence-corrected chi connectivity index (χ2v) is 10.8. The monoisotopic (exact) mass is 614 g/mol. The Hall–Kier alpha value is -1.45. The molecule has 1 heterocycles. The normalized spacial score (nSPS) is 22.1. The summed E-state index contributed by atoms with van der Waals surface area (Å²) in [6.07, 6.45) is 6.59. The molecule has 6 nitrogen and oxygen atoms in total. The average molecular weight is 615 g/mol. The molecular formula is C29H43IO6. The first-order valence-electron chi connectivity index (χ1n) is 13.1. The van der Waals surface area contributed by atoms with Crippen LogP contribution in [0.2, 0.25) is 0 Å². The lowest BCUT2D eigenvalue weighted by atomic mass is 9.84. The maximum absolute atomic E-state index is 12.1. The number of methoxy groups -OCH3 is 1. The van der Waals surface area contributed by atoms with Crippen LogP contribution in [0.15, 0.2) is 42.7 Å². The molecule has 7 atom stereocenters. The maximum atomic E-state index is 12.1. The zero-order valence-corrected chi connectivity index (χ0v) is 24.5. The van der Waals surface area contributed by atoms with Gasteiger partial charge in [-0.2, -0.15) is 0 Å². The molecule has 0 saturated carbocycles. The lowest BCUT2D eigenvalue weighted by molar-refractivity contribution is -0.152. The van der Waals surface area contributed by atoms with E-state index in [9.17, 15) is 9.59 Å². The molecule has 36 heavy (non-hydrogen) atoms. The molecular weight excluding hydrogens is 571 g/mol. The minimum absolute atomic E-state index is 0.0211. The van der Waals surface area contributed by atoms with Crippen LogP contribution in [0.1, 0.15) is 65.4 Å². The van der Waals surface area contributed by atoms with Crippen LogP contribution < -0.4 is 0 Å². The lowest BCUT2D eigenvalue weighted by Gasteiger charge is -2.36. The van der Waals surface area contributed by atoms with E-state index in [2.05, 4.69) is 48.6 Å². The Bertz CT molecular complexity index is 813. The summed E-state index contributed by atoms with van der Waals surface area (Å²) in [5, 5.41) is 0. The first-order valence-corrected chi connectivity index (χ1v) is 14.6. The van der Waals surface area contributed by atoms with E-state index in [0.717, 1.165) is 35.7 Å². The fraction of sp³-hybridized carbons (Fsp3) is 0.655. The quantitative estimate of drug-likeness (QED) is 0.0717. The van der Waals surface area contributed by atoms with Crippen molar-refractivity contribution in [3.8, 4) is 0 Å². The number of esters is 1. The second-order valence-electron chi connectivity index (χ2n) is 9.75. The fourth-order valence-corrected chi connectivity index (χ4v) is 5.48. The Morgan fingerprint density at radius 1 is 1.14 bits per heavy atom. The maximum Gasteiger partial charge on any atom is 0.311 e. The highest BCUT2D eigenvalue weighted by molar-refractivity contribution is 14.1. The summed E-state index contributed by atoms with van der Waals surface area (Å²) >= 11 is 2.36. The van der Waals surface area contributed by atoms with Crippen LogP contribution in [0.3, 0.4) is 0 Å². The predicted octanol–water partition coefficient (Wildman–Crippen LogP) is 6.29. The van der Waals surface area contributed by atoms with Crippen LogP contribution in [0.5, 0.6) is 0 Å². The Balaban J connectivity index is 2.17. The topological polar surface area (TPSA) is 71.1 Å². The number of hydrogen-bond acceptors (Lipinski definition) is 6. The summed E-state index contributed by atoms with van der Waals surface area (Å²) in [7, 11) is 1.42. The summed E-state index contributed by atoms with van der Waals surface area (Å²) in [4.78, 5) is 24.0. The Labute approximate surface area is 230 Å². The van der Waals surface area contributed by atoms with Crippen LogP contribution in [0.4, 0.5) is 0 Å². The molecule has 1 aliphatic heterocycles. The van der Waals surface area contributed by atoms with Gasteiger partial charge >= 0.3 is 5.97 Å². The van der Waals surface area contributed by atoms with Crippen LogP contribution in [0, 0.1) is 17.8 Å². The van der Waals surface area contributed by atoms with Gasteiger partial charge in [0.2, 0.25) is 0 Å². The lowest BCUT2D eigenvalue weighted by Crippen LogP contribution is -2.42. The third-order valence-electron chi connectivity index (χ3n) is 7.11. The summed E-state index contributed by atoms with van der Waals surface area (Å²) in [5.41, 5.74) is 1.11. The van der Waals surface area contributed by atoms with Gasteiger partial charge in [0, 0.05) is 28.8 Å². The number of halogens is 1. The van der Waals surface area contributed by atoms with Crippen molar-refractivity contribution in [3.63, 3.8) is 0 Å². The van der Waals surface area contributed by atoms with Crippen LogP contribution in [-0.2, 0) is 35.1 Å². The number of ketones is 1. The molecule has 1 aliphatic rings. The molecule has 7 heteroatoms. The summed E-state index contributed by atoms with van der Waals surface area (Å²) in [6.45, 7) is 8.69. The van der Waals surface area contributed by atoms with Crippen LogP contribution in [-0.4, -0.2) is 47.7 Å². The van der Waals surface area contributed by atoms with Crippen LogP contribution in [0.25, 0.3) is 0 Å². The van der Waals surface area contributed by atoms with Crippen molar-refractivity contribution >= 4 is 34.3 Å². The largest absolute Gasteiger partial charge is 0.497 e. The van der Waals surface area contributed by atoms with Gasteiger partial charge in [-0.3, -0.25) is 9.59 Å². The van der Waals surface area contributed by atoms with E-state index in [1.165, 1.54) is 7.11 Å². The third kappa shape index (κ3) is 9.45. The van der Waals surface area contributed by atoms with E-state index in [1.807, 2.05) is 32.0 Å². The number of alkyl halides is 1. The molecule has 1 aromatic rings. The van der Waals surface area contributed by atoms with Gasteiger partial charge in [-0.15, -0.1) is 0 Å². The predicted molar refractivity (Wildman–Crippen MR) is 150 cm³/mol. The van der Waals surface area contributed by atoms with Gasteiger partial charge in [0.15, 0.2) is 5.78 Å². The van der Waals surface area contributed by atoms with Crippen molar-refractivity contribution in [2.24, 2.45) is 17.8 Å². The van der Waals surface area contributed by atoms with E-state index in [4.69, 9.17) is 18.9 Å². The van der Waals surface area contributed by atoms with E-state index >= 15 is 0 Å². The number of allylic oxidation sites excluding steroid dienone is 1. The molecule has 0 amide bonds. The summed E-state index contributed by atoms with van der Waals surface area (Å²) in [5.74, 6) is -0.309. The van der Waals surface area contributed by atoms with Crippen molar-refractivity contribution in [3.05, 3.63) is 48.2 Å². The zero-order valence-electron chi connectivity index (χ0n) is 22.4. The van der Waals surface area contributed by atoms with Gasteiger partial charge in [-0.05, 0) is 38.2 Å². The van der Waals surface area contributed by atoms with Gasteiger partial charge in [0.05, 0.1) is 44.2 Å². The van der Waals surface area contributed by atoms with Gasteiger partial charge in [-0.25, -0.2) is 0 Å². The van der Waals surface area contributed by atoms with E-state index < -0.39 is 0 Å². The molecule has 2 rings (SSSR count). The number of hydrogen-bond donors (Lipinski definition) is 0. The van der Waals surface area contributed by atoms with Crippen molar-refractivity contribution in [1.29, 1.82) is 0 Å². The van der Waals surface area contributed by atoms with Crippen LogP contribution >= 0.6 is 22.6 Å². The molecule has 1 aromatic carbocycles. The molecule has 0 unspecified atom stereocenters. The molecule has 202 valence electrons. The highest BCUT2D eigenvalue weighted by Crippen LogP contribution is 2.36. The number of ether oxygens (including phenoxy) is 4. The fourth-order valence-electron chi connectivity index (χ4n) is 4.86. The van der Waals surface area contributed by atoms with E-state index in [-0.39, 0.29) is 53.9 Å². The smallest absolute Gasteiger partial charge is 0.311 e. The van der Waals surface area contributed by atoms with E-state index in [1.54, 1.807) is 12.3 Å². The molecule has 1 saturated heterocycles. The Kier molecular flexibility index (Phi) is 14.0. The van der Waals surface area contributed by atoms with Crippen molar-refractivity contribution < 1.29 is 28.5 Å². The number of rotatable bonds is 16. The number of carbonyl (C=O) groups excluding carboxylic acids is 2. The molecule has 0 aliphatic carbocycles. The zero-order chi connectivity index (χ0) is 26.5. The molecule has 0 bridgehead atoms. The average Bonchev–Trinajstić information content (AvgIpc) is 3.38. The first-order chi connectivity index (χ1) is 17.3. The minimum atomic E-state index is -0.297. The van der Waals surface area contributed by atoms with Crippen molar-refractivity contribution in [2.75, 3.05) is 11.5 Å². The van der Waals surface area contributed by atoms with Gasteiger partial charge < -0.3 is 18.9 Å². The van der Waals surface area contributed by atoms with Crippen molar-refractivity contribution in [2.45, 2.75) is 90.8 Å². The number of benzene rings is 1. The highest BCUT2D eigenvalue weighted by atomic mass is 127. The Morgan fingerprint density at radius 3 is 2.47 bits per heavy atom. The van der Waals surface area contributed by atoms with Gasteiger partial charge in [0.25, 0.3) is 0 Å². The third-order valence-corrected chi connectivity index (χ3v) is 7.73. The minimum Gasteiger partial charge on any atom is -0.497 e. The molecule has 1 fully saturated rings. The molecule has 0 N–H and O–H groups in total.